The molecule has 3 rings (SSSR count). The van der Waals surface area contributed by atoms with Gasteiger partial charge in [0.2, 0.25) is 0 Å². The molecule has 136 valence electrons. The summed E-state index contributed by atoms with van der Waals surface area (Å²) >= 11 is 0. The first-order valence-electron chi connectivity index (χ1n) is 8.83. The molecule has 0 amide bonds. The van der Waals surface area contributed by atoms with Crippen LogP contribution in [0.15, 0.2) is 48.5 Å². The van der Waals surface area contributed by atoms with E-state index in [1.807, 2.05) is 50.2 Å². The van der Waals surface area contributed by atoms with Crippen LogP contribution >= 0.6 is 0 Å². The molecule has 1 unspecified atom stereocenters. The van der Waals surface area contributed by atoms with E-state index in [-0.39, 0.29) is 6.04 Å². The molecule has 0 saturated heterocycles. The lowest BCUT2D eigenvalue weighted by Gasteiger charge is -2.11. The summed E-state index contributed by atoms with van der Waals surface area (Å²) in [5.41, 5.74) is 8.30. The summed E-state index contributed by atoms with van der Waals surface area (Å²) in [7, 11) is 0. The fourth-order valence-corrected chi connectivity index (χ4v) is 2.72. The van der Waals surface area contributed by atoms with Crippen molar-refractivity contribution in [2.45, 2.75) is 26.3 Å². The molecule has 0 fully saturated rings. The maximum absolute atomic E-state index is 6.28. The highest BCUT2D eigenvalue weighted by molar-refractivity contribution is 5.61. The van der Waals surface area contributed by atoms with Gasteiger partial charge in [0.15, 0.2) is 17.3 Å². The van der Waals surface area contributed by atoms with Gasteiger partial charge in [0, 0.05) is 5.56 Å². The van der Waals surface area contributed by atoms with Gasteiger partial charge in [0.05, 0.1) is 19.3 Å². The molecule has 0 saturated carbocycles. The number of ether oxygens (including phenoxy) is 2. The minimum Gasteiger partial charge on any atom is -0.490 e. The Morgan fingerprint density at radius 2 is 1.73 bits per heavy atom. The van der Waals surface area contributed by atoms with Crippen molar-refractivity contribution in [3.8, 4) is 22.9 Å². The van der Waals surface area contributed by atoms with Crippen LogP contribution in [0.25, 0.3) is 11.4 Å². The molecule has 1 atom stereocenters. The quantitative estimate of drug-likeness (QED) is 0.648. The number of nitrogens with two attached hydrogens (primary N) is 1. The monoisotopic (exact) mass is 352 g/mol. The van der Waals surface area contributed by atoms with Crippen LogP contribution in [-0.4, -0.2) is 28.4 Å². The zero-order valence-electron chi connectivity index (χ0n) is 15.1. The fourth-order valence-electron chi connectivity index (χ4n) is 2.72. The molecule has 0 spiro atoms. The molecule has 3 aromatic rings. The topological polar surface area (TPSA) is 86.0 Å². The summed E-state index contributed by atoms with van der Waals surface area (Å²) in [6.45, 7) is 5.03. The van der Waals surface area contributed by atoms with Crippen LogP contribution in [0.4, 0.5) is 0 Å². The lowest BCUT2D eigenvalue weighted by atomic mass is 10.1. The van der Waals surface area contributed by atoms with Crippen molar-refractivity contribution in [3.05, 3.63) is 59.9 Å². The third kappa shape index (κ3) is 4.21. The van der Waals surface area contributed by atoms with Crippen molar-refractivity contribution < 1.29 is 9.47 Å². The molecular formula is C20H24N4O2. The molecule has 1 heterocycles. The van der Waals surface area contributed by atoms with Gasteiger partial charge < -0.3 is 15.2 Å². The van der Waals surface area contributed by atoms with Gasteiger partial charge in [0.25, 0.3) is 0 Å². The van der Waals surface area contributed by atoms with Crippen LogP contribution in [0.1, 0.15) is 31.3 Å². The van der Waals surface area contributed by atoms with Gasteiger partial charge in [0.1, 0.15) is 5.82 Å². The zero-order chi connectivity index (χ0) is 18.4. The Kier molecular flexibility index (Phi) is 5.86. The first-order chi connectivity index (χ1) is 12.7. The number of aromatic nitrogens is 3. The van der Waals surface area contributed by atoms with Crippen LogP contribution in [0, 0.1) is 0 Å². The van der Waals surface area contributed by atoms with E-state index in [0.29, 0.717) is 37.0 Å². The summed E-state index contributed by atoms with van der Waals surface area (Å²) in [5.74, 6) is 2.66. The van der Waals surface area contributed by atoms with E-state index in [4.69, 9.17) is 15.2 Å². The summed E-state index contributed by atoms with van der Waals surface area (Å²) in [5, 5.41) is 7.27. The zero-order valence-corrected chi connectivity index (χ0v) is 15.1. The van der Waals surface area contributed by atoms with Crippen molar-refractivity contribution in [3.63, 3.8) is 0 Å². The van der Waals surface area contributed by atoms with Gasteiger partial charge in [-0.2, -0.15) is 5.10 Å². The highest BCUT2D eigenvalue weighted by Crippen LogP contribution is 2.32. The Hall–Kier alpha value is -2.86. The minimum absolute atomic E-state index is 0.243. The second-order valence-electron chi connectivity index (χ2n) is 5.87. The number of H-pyrrole nitrogens is 1. The van der Waals surface area contributed by atoms with Crippen molar-refractivity contribution in [2.24, 2.45) is 5.73 Å². The SMILES string of the molecule is CCOc1ccc(-c2n[nH]c(C(N)Cc3ccccc3)n2)cc1OCC. The van der Waals surface area contributed by atoms with Crippen LogP contribution in [0.2, 0.25) is 0 Å². The van der Waals surface area contributed by atoms with Crippen molar-refractivity contribution in [1.29, 1.82) is 0 Å². The van der Waals surface area contributed by atoms with Gasteiger partial charge in [-0.15, -0.1) is 0 Å². The number of hydrogen-bond donors (Lipinski definition) is 2. The number of nitrogens with zero attached hydrogens (tertiary/aromatic N) is 2. The van der Waals surface area contributed by atoms with Gasteiger partial charge in [-0.05, 0) is 44.0 Å². The molecule has 0 aliphatic carbocycles. The lowest BCUT2D eigenvalue weighted by molar-refractivity contribution is 0.288. The predicted octanol–water partition coefficient (Wildman–Crippen LogP) is 3.51. The summed E-state index contributed by atoms with van der Waals surface area (Å²) in [6, 6.07) is 15.6. The Balaban J connectivity index is 1.79. The van der Waals surface area contributed by atoms with Crippen molar-refractivity contribution >= 4 is 0 Å². The molecule has 1 aromatic heterocycles. The molecule has 3 N–H and O–H groups in total. The smallest absolute Gasteiger partial charge is 0.181 e. The van der Waals surface area contributed by atoms with E-state index in [9.17, 15) is 0 Å². The molecule has 0 aliphatic heterocycles. The summed E-state index contributed by atoms with van der Waals surface area (Å²) < 4.78 is 11.3. The van der Waals surface area contributed by atoms with Crippen molar-refractivity contribution in [1.82, 2.24) is 15.2 Å². The van der Waals surface area contributed by atoms with Gasteiger partial charge in [-0.3, -0.25) is 5.10 Å². The van der Waals surface area contributed by atoms with Crippen LogP contribution in [0.3, 0.4) is 0 Å². The molecule has 26 heavy (non-hydrogen) atoms. The van der Waals surface area contributed by atoms with E-state index in [1.54, 1.807) is 0 Å². The first kappa shape index (κ1) is 17.9. The molecule has 6 nitrogen and oxygen atoms in total. The normalized spacial score (nSPS) is 12.0. The van der Waals surface area contributed by atoms with E-state index >= 15 is 0 Å². The van der Waals surface area contributed by atoms with E-state index in [0.717, 1.165) is 16.9 Å². The molecule has 0 aliphatic rings. The fraction of sp³-hybridized carbons (Fsp3) is 0.300. The second kappa shape index (κ2) is 8.49. The summed E-state index contributed by atoms with van der Waals surface area (Å²) in [6.07, 6.45) is 0.697. The first-order valence-corrected chi connectivity index (χ1v) is 8.83. The van der Waals surface area contributed by atoms with E-state index in [1.165, 1.54) is 0 Å². The van der Waals surface area contributed by atoms with Gasteiger partial charge in [-0.1, -0.05) is 30.3 Å². The largest absolute Gasteiger partial charge is 0.490 e. The van der Waals surface area contributed by atoms with Gasteiger partial charge >= 0.3 is 0 Å². The highest BCUT2D eigenvalue weighted by atomic mass is 16.5. The molecule has 0 bridgehead atoms. The third-order valence-electron chi connectivity index (χ3n) is 3.95. The average Bonchev–Trinajstić information content (AvgIpc) is 3.15. The predicted molar refractivity (Wildman–Crippen MR) is 101 cm³/mol. The Morgan fingerprint density at radius 1 is 1.00 bits per heavy atom. The van der Waals surface area contributed by atoms with Gasteiger partial charge in [-0.25, -0.2) is 4.98 Å². The number of aromatic amines is 1. The highest BCUT2D eigenvalue weighted by Gasteiger charge is 2.15. The minimum atomic E-state index is -0.243. The third-order valence-corrected chi connectivity index (χ3v) is 3.95. The second-order valence-corrected chi connectivity index (χ2v) is 5.87. The number of hydrogen-bond acceptors (Lipinski definition) is 5. The van der Waals surface area contributed by atoms with E-state index in [2.05, 4.69) is 27.3 Å². The Labute approximate surface area is 153 Å². The molecular weight excluding hydrogens is 328 g/mol. The Bertz CT molecular complexity index is 833. The number of benzene rings is 2. The van der Waals surface area contributed by atoms with Crippen LogP contribution in [0.5, 0.6) is 11.5 Å². The molecule has 6 heteroatoms. The van der Waals surface area contributed by atoms with E-state index < -0.39 is 0 Å². The molecule has 2 aromatic carbocycles. The number of nitrogens with one attached hydrogen (secondary N) is 1. The summed E-state index contributed by atoms with van der Waals surface area (Å²) in [4.78, 5) is 4.57. The lowest BCUT2D eigenvalue weighted by Crippen LogP contribution is -2.15. The maximum atomic E-state index is 6.28. The van der Waals surface area contributed by atoms with Crippen LogP contribution in [-0.2, 0) is 6.42 Å². The maximum Gasteiger partial charge on any atom is 0.181 e. The average molecular weight is 352 g/mol. The van der Waals surface area contributed by atoms with Crippen LogP contribution < -0.4 is 15.2 Å². The number of rotatable bonds is 8. The Morgan fingerprint density at radius 3 is 2.46 bits per heavy atom. The molecule has 0 radical (unpaired) electrons. The van der Waals surface area contributed by atoms with Crippen molar-refractivity contribution in [2.75, 3.05) is 13.2 Å². The standard InChI is InChI=1S/C20H24N4O2/c1-3-25-17-11-10-15(13-18(17)26-4-2)19-22-20(24-23-19)16(21)12-14-8-6-5-7-9-14/h5-11,13,16H,3-4,12,21H2,1-2H3,(H,22,23,24).